The SMILES string of the molecule is N#Cc1ccc(/C=C/NC=O)cc1. The molecule has 0 unspecified atom stereocenters. The van der Waals surface area contributed by atoms with Crippen LogP contribution < -0.4 is 5.32 Å². The quantitative estimate of drug-likeness (QED) is 0.698. The number of nitrogens with one attached hydrogen (secondary N) is 1. The predicted octanol–water partition coefficient (Wildman–Crippen LogP) is 1.27. The number of carbonyl (C=O) groups is 1. The zero-order valence-electron chi connectivity index (χ0n) is 6.90. The van der Waals surface area contributed by atoms with Crippen molar-refractivity contribution in [2.75, 3.05) is 0 Å². The maximum atomic E-state index is 9.89. The second-order valence-corrected chi connectivity index (χ2v) is 2.35. The van der Waals surface area contributed by atoms with Crippen LogP contribution in [-0.4, -0.2) is 6.41 Å². The van der Waals surface area contributed by atoms with E-state index < -0.39 is 0 Å². The highest BCUT2D eigenvalue weighted by Gasteiger charge is 1.88. The van der Waals surface area contributed by atoms with Crippen LogP contribution in [0.15, 0.2) is 30.5 Å². The Balaban J connectivity index is 2.70. The summed E-state index contributed by atoms with van der Waals surface area (Å²) in [4.78, 5) is 9.89. The van der Waals surface area contributed by atoms with Crippen LogP contribution in [0.4, 0.5) is 0 Å². The molecule has 1 amide bonds. The lowest BCUT2D eigenvalue weighted by Gasteiger charge is -1.92. The molecule has 1 N–H and O–H groups in total. The lowest BCUT2D eigenvalue weighted by molar-refractivity contribution is -0.108. The van der Waals surface area contributed by atoms with Crippen LogP contribution in [0, 0.1) is 11.3 Å². The second kappa shape index (κ2) is 4.73. The Kier molecular flexibility index (Phi) is 3.28. The third kappa shape index (κ3) is 2.80. The molecule has 0 aliphatic carbocycles. The molecule has 1 aromatic rings. The zero-order valence-corrected chi connectivity index (χ0v) is 6.90. The van der Waals surface area contributed by atoms with E-state index in [-0.39, 0.29) is 0 Å². The average Bonchev–Trinajstić information content (AvgIpc) is 2.19. The predicted molar refractivity (Wildman–Crippen MR) is 49.4 cm³/mol. The van der Waals surface area contributed by atoms with E-state index in [2.05, 4.69) is 5.32 Å². The molecule has 0 saturated carbocycles. The number of hydrogen-bond donors (Lipinski definition) is 1. The molecule has 0 heterocycles. The summed E-state index contributed by atoms with van der Waals surface area (Å²) in [5.41, 5.74) is 1.56. The van der Waals surface area contributed by atoms with Gasteiger partial charge in [0.15, 0.2) is 0 Å². The molecule has 0 atom stereocenters. The van der Waals surface area contributed by atoms with E-state index >= 15 is 0 Å². The van der Waals surface area contributed by atoms with Gasteiger partial charge in [0.25, 0.3) is 0 Å². The molecule has 1 rings (SSSR count). The molecular weight excluding hydrogens is 164 g/mol. The van der Waals surface area contributed by atoms with Crippen LogP contribution in [0.5, 0.6) is 0 Å². The van der Waals surface area contributed by atoms with Gasteiger partial charge in [-0.05, 0) is 23.8 Å². The topological polar surface area (TPSA) is 52.9 Å². The van der Waals surface area contributed by atoms with Crippen molar-refractivity contribution in [2.45, 2.75) is 0 Å². The first kappa shape index (κ1) is 9.01. The number of nitriles is 1. The Hall–Kier alpha value is -2.08. The van der Waals surface area contributed by atoms with Crippen molar-refractivity contribution in [3.05, 3.63) is 41.6 Å². The van der Waals surface area contributed by atoms with Crippen molar-refractivity contribution in [3.63, 3.8) is 0 Å². The molecule has 3 nitrogen and oxygen atoms in total. The van der Waals surface area contributed by atoms with E-state index in [4.69, 9.17) is 5.26 Å². The Morgan fingerprint density at radius 3 is 2.54 bits per heavy atom. The fraction of sp³-hybridized carbons (Fsp3) is 0. The van der Waals surface area contributed by atoms with Gasteiger partial charge in [-0.1, -0.05) is 12.1 Å². The molecule has 0 saturated heterocycles. The first-order valence-electron chi connectivity index (χ1n) is 3.73. The van der Waals surface area contributed by atoms with Crippen LogP contribution in [-0.2, 0) is 4.79 Å². The summed E-state index contributed by atoms with van der Waals surface area (Å²) in [6, 6.07) is 9.09. The molecule has 0 bridgehead atoms. The Labute approximate surface area is 76.3 Å². The van der Waals surface area contributed by atoms with Crippen LogP contribution in [0.1, 0.15) is 11.1 Å². The highest BCUT2D eigenvalue weighted by atomic mass is 16.1. The molecule has 1 aromatic carbocycles. The summed E-state index contributed by atoms with van der Waals surface area (Å²) in [6.45, 7) is 0. The minimum Gasteiger partial charge on any atom is -0.335 e. The van der Waals surface area contributed by atoms with Crippen molar-refractivity contribution in [2.24, 2.45) is 0 Å². The van der Waals surface area contributed by atoms with Gasteiger partial charge in [0.2, 0.25) is 6.41 Å². The monoisotopic (exact) mass is 172 g/mol. The minimum atomic E-state index is 0.597. The van der Waals surface area contributed by atoms with Crippen LogP contribution in [0.3, 0.4) is 0 Å². The maximum Gasteiger partial charge on any atom is 0.211 e. The molecule has 3 heteroatoms. The number of benzene rings is 1. The van der Waals surface area contributed by atoms with Crippen LogP contribution in [0.25, 0.3) is 6.08 Å². The molecule has 0 aliphatic heterocycles. The number of nitrogens with zero attached hydrogens (tertiary/aromatic N) is 1. The lowest BCUT2D eigenvalue weighted by atomic mass is 10.1. The second-order valence-electron chi connectivity index (χ2n) is 2.35. The molecule has 0 aromatic heterocycles. The summed E-state index contributed by atoms with van der Waals surface area (Å²) >= 11 is 0. The number of amides is 1. The van der Waals surface area contributed by atoms with Gasteiger partial charge >= 0.3 is 0 Å². The normalized spacial score (nSPS) is 9.46. The van der Waals surface area contributed by atoms with Crippen molar-refractivity contribution >= 4 is 12.5 Å². The smallest absolute Gasteiger partial charge is 0.211 e. The summed E-state index contributed by atoms with van der Waals surface area (Å²) in [5.74, 6) is 0. The minimum absolute atomic E-state index is 0.597. The van der Waals surface area contributed by atoms with E-state index in [0.717, 1.165) is 5.56 Å². The first-order chi connectivity index (χ1) is 6.36. The fourth-order valence-corrected chi connectivity index (χ4v) is 0.852. The summed E-state index contributed by atoms with van der Waals surface area (Å²) in [6.07, 6.45) is 3.88. The Morgan fingerprint density at radius 2 is 2.00 bits per heavy atom. The van der Waals surface area contributed by atoms with Gasteiger partial charge in [0, 0.05) is 6.20 Å². The van der Waals surface area contributed by atoms with E-state index in [0.29, 0.717) is 12.0 Å². The molecule has 64 valence electrons. The Bertz CT molecular complexity index is 346. The maximum absolute atomic E-state index is 9.89. The van der Waals surface area contributed by atoms with E-state index in [1.807, 2.05) is 18.2 Å². The third-order valence-corrected chi connectivity index (χ3v) is 1.48. The van der Waals surface area contributed by atoms with E-state index in [9.17, 15) is 4.79 Å². The molecule has 0 spiro atoms. The van der Waals surface area contributed by atoms with Gasteiger partial charge in [0.1, 0.15) is 0 Å². The van der Waals surface area contributed by atoms with Crippen molar-refractivity contribution in [3.8, 4) is 6.07 Å². The molecule has 0 radical (unpaired) electrons. The van der Waals surface area contributed by atoms with Crippen LogP contribution >= 0.6 is 0 Å². The summed E-state index contributed by atoms with van der Waals surface area (Å²) in [5, 5.41) is 10.9. The Morgan fingerprint density at radius 1 is 1.31 bits per heavy atom. The molecule has 13 heavy (non-hydrogen) atoms. The van der Waals surface area contributed by atoms with Crippen molar-refractivity contribution in [1.29, 1.82) is 5.26 Å². The molecule has 0 fully saturated rings. The number of hydrogen-bond acceptors (Lipinski definition) is 2. The van der Waals surface area contributed by atoms with Gasteiger partial charge in [0.05, 0.1) is 11.6 Å². The van der Waals surface area contributed by atoms with Gasteiger partial charge in [-0.25, -0.2) is 0 Å². The summed E-state index contributed by atoms with van der Waals surface area (Å²) in [7, 11) is 0. The highest BCUT2D eigenvalue weighted by Crippen LogP contribution is 2.04. The standard InChI is InChI=1S/C10H8N2O/c11-7-10-3-1-9(2-4-10)5-6-12-8-13/h1-6,8H,(H,12,13)/b6-5+. The zero-order chi connectivity index (χ0) is 9.52. The third-order valence-electron chi connectivity index (χ3n) is 1.48. The van der Waals surface area contributed by atoms with E-state index in [1.54, 1.807) is 18.2 Å². The first-order valence-corrected chi connectivity index (χ1v) is 3.73. The average molecular weight is 172 g/mol. The van der Waals surface area contributed by atoms with E-state index in [1.165, 1.54) is 6.20 Å². The molecular formula is C10H8N2O. The lowest BCUT2D eigenvalue weighted by Crippen LogP contribution is -1.97. The van der Waals surface area contributed by atoms with Gasteiger partial charge < -0.3 is 5.32 Å². The van der Waals surface area contributed by atoms with Gasteiger partial charge in [-0.15, -0.1) is 0 Å². The van der Waals surface area contributed by atoms with Gasteiger partial charge in [-0.3, -0.25) is 4.79 Å². The highest BCUT2D eigenvalue weighted by molar-refractivity contribution is 5.55. The number of rotatable bonds is 3. The van der Waals surface area contributed by atoms with Gasteiger partial charge in [-0.2, -0.15) is 5.26 Å². The number of carbonyl (C=O) groups excluding carboxylic acids is 1. The summed E-state index contributed by atoms with van der Waals surface area (Å²) < 4.78 is 0. The fourth-order valence-electron chi connectivity index (χ4n) is 0.852. The molecule has 0 aliphatic rings. The van der Waals surface area contributed by atoms with Crippen molar-refractivity contribution in [1.82, 2.24) is 5.32 Å². The van der Waals surface area contributed by atoms with Crippen molar-refractivity contribution < 1.29 is 4.79 Å². The largest absolute Gasteiger partial charge is 0.335 e. The van der Waals surface area contributed by atoms with Crippen LogP contribution in [0.2, 0.25) is 0 Å².